The second-order valence-corrected chi connectivity index (χ2v) is 2.07. The monoisotopic (exact) mass is 115 g/mol. The Morgan fingerprint density at radius 1 is 1.62 bits per heavy atom. The van der Waals surface area contributed by atoms with Gasteiger partial charge in [-0.05, 0) is 0 Å². The van der Waals surface area contributed by atoms with E-state index in [-0.39, 0.29) is 5.92 Å². The van der Waals surface area contributed by atoms with E-state index >= 15 is 0 Å². The second kappa shape index (κ2) is 2.27. The van der Waals surface area contributed by atoms with E-state index in [9.17, 15) is 4.39 Å². The van der Waals surface area contributed by atoms with Crippen molar-refractivity contribution in [3.05, 3.63) is 12.7 Å². The molecule has 0 aromatic rings. The van der Waals surface area contributed by atoms with Crippen LogP contribution < -0.4 is 5.32 Å². The summed E-state index contributed by atoms with van der Waals surface area (Å²) in [6, 6.07) is 0. The molecule has 1 heterocycles. The van der Waals surface area contributed by atoms with Crippen LogP contribution in [0, 0.1) is 5.92 Å². The topological polar surface area (TPSA) is 12.0 Å². The van der Waals surface area contributed by atoms with Crippen LogP contribution in [0.5, 0.6) is 0 Å². The standard InChI is InChI=1S/C6H10FN/c1-2-5-3-8-4-6(5)7/h2,5-6,8H,1,3-4H2/t5-,6-/m0/s1. The van der Waals surface area contributed by atoms with Gasteiger partial charge in [0.05, 0.1) is 0 Å². The van der Waals surface area contributed by atoms with Crippen LogP contribution in [0.15, 0.2) is 12.7 Å². The summed E-state index contributed by atoms with van der Waals surface area (Å²) in [5.41, 5.74) is 0. The van der Waals surface area contributed by atoms with Gasteiger partial charge in [0.25, 0.3) is 0 Å². The van der Waals surface area contributed by atoms with Crippen molar-refractivity contribution in [2.75, 3.05) is 13.1 Å². The first-order valence-corrected chi connectivity index (χ1v) is 2.82. The van der Waals surface area contributed by atoms with Gasteiger partial charge < -0.3 is 5.32 Å². The number of rotatable bonds is 1. The summed E-state index contributed by atoms with van der Waals surface area (Å²) in [7, 11) is 0. The van der Waals surface area contributed by atoms with Crippen molar-refractivity contribution in [2.24, 2.45) is 5.92 Å². The maximum absolute atomic E-state index is 12.5. The molecule has 1 nitrogen and oxygen atoms in total. The SMILES string of the molecule is C=C[C@H]1CNC[C@@H]1F. The van der Waals surface area contributed by atoms with E-state index in [1.807, 2.05) is 0 Å². The number of alkyl halides is 1. The Morgan fingerprint density at radius 2 is 2.38 bits per heavy atom. The average Bonchev–Trinajstić information content (AvgIpc) is 2.14. The van der Waals surface area contributed by atoms with Crippen LogP contribution >= 0.6 is 0 Å². The third kappa shape index (κ3) is 0.892. The minimum Gasteiger partial charge on any atom is -0.313 e. The third-order valence-corrected chi connectivity index (χ3v) is 1.49. The molecule has 0 saturated carbocycles. The van der Waals surface area contributed by atoms with Gasteiger partial charge in [0.2, 0.25) is 0 Å². The highest BCUT2D eigenvalue weighted by Gasteiger charge is 2.22. The Hall–Kier alpha value is -0.370. The van der Waals surface area contributed by atoms with Crippen molar-refractivity contribution < 1.29 is 4.39 Å². The lowest BCUT2D eigenvalue weighted by molar-refractivity contribution is 0.318. The summed E-state index contributed by atoms with van der Waals surface area (Å²) < 4.78 is 12.5. The number of halogens is 1. The summed E-state index contributed by atoms with van der Waals surface area (Å²) in [5.74, 6) is 0.0509. The molecule has 46 valence electrons. The molecule has 2 atom stereocenters. The number of hydrogen-bond acceptors (Lipinski definition) is 1. The fourth-order valence-corrected chi connectivity index (χ4v) is 0.898. The minimum atomic E-state index is -0.701. The fourth-order valence-electron chi connectivity index (χ4n) is 0.898. The van der Waals surface area contributed by atoms with E-state index in [4.69, 9.17) is 0 Å². The maximum Gasteiger partial charge on any atom is 0.120 e. The summed E-state index contributed by atoms with van der Waals surface area (Å²) >= 11 is 0. The van der Waals surface area contributed by atoms with Gasteiger partial charge in [0, 0.05) is 19.0 Å². The quantitative estimate of drug-likeness (QED) is 0.497. The van der Waals surface area contributed by atoms with E-state index in [0.29, 0.717) is 6.54 Å². The zero-order valence-corrected chi connectivity index (χ0v) is 4.73. The van der Waals surface area contributed by atoms with Crippen LogP contribution in [-0.2, 0) is 0 Å². The Balaban J connectivity index is 2.41. The number of hydrogen-bond donors (Lipinski definition) is 1. The molecular weight excluding hydrogens is 105 g/mol. The Morgan fingerprint density at radius 3 is 2.62 bits per heavy atom. The average molecular weight is 115 g/mol. The fraction of sp³-hybridized carbons (Fsp3) is 0.667. The molecule has 8 heavy (non-hydrogen) atoms. The molecule has 1 N–H and O–H groups in total. The van der Waals surface area contributed by atoms with Crippen LogP contribution in [0.3, 0.4) is 0 Å². The molecule has 1 fully saturated rings. The van der Waals surface area contributed by atoms with Crippen molar-refractivity contribution in [1.29, 1.82) is 0 Å². The molecule has 1 saturated heterocycles. The van der Waals surface area contributed by atoms with Crippen LogP contribution in [0.4, 0.5) is 4.39 Å². The van der Waals surface area contributed by atoms with Gasteiger partial charge in [-0.1, -0.05) is 6.08 Å². The largest absolute Gasteiger partial charge is 0.313 e. The highest BCUT2D eigenvalue weighted by atomic mass is 19.1. The van der Waals surface area contributed by atoms with E-state index in [1.165, 1.54) is 0 Å². The third-order valence-electron chi connectivity index (χ3n) is 1.49. The molecule has 0 spiro atoms. The Labute approximate surface area is 48.6 Å². The first-order chi connectivity index (χ1) is 3.84. The lowest BCUT2D eigenvalue weighted by Gasteiger charge is -2.01. The van der Waals surface area contributed by atoms with E-state index in [1.54, 1.807) is 6.08 Å². The minimum absolute atomic E-state index is 0.0509. The molecule has 0 aromatic heterocycles. The lowest BCUT2D eigenvalue weighted by Crippen LogP contribution is -2.09. The van der Waals surface area contributed by atoms with Gasteiger partial charge in [-0.15, -0.1) is 6.58 Å². The molecule has 1 aliphatic heterocycles. The first kappa shape index (κ1) is 5.76. The second-order valence-electron chi connectivity index (χ2n) is 2.07. The molecule has 0 radical (unpaired) electrons. The zero-order valence-electron chi connectivity index (χ0n) is 4.73. The van der Waals surface area contributed by atoms with E-state index < -0.39 is 6.17 Å². The molecule has 1 aliphatic rings. The lowest BCUT2D eigenvalue weighted by atomic mass is 10.1. The van der Waals surface area contributed by atoms with Gasteiger partial charge in [0.1, 0.15) is 6.17 Å². The van der Waals surface area contributed by atoms with E-state index in [2.05, 4.69) is 11.9 Å². The summed E-state index contributed by atoms with van der Waals surface area (Å²) in [5, 5.41) is 2.93. The highest BCUT2D eigenvalue weighted by Crippen LogP contribution is 2.12. The van der Waals surface area contributed by atoms with Crippen molar-refractivity contribution in [2.45, 2.75) is 6.17 Å². The maximum atomic E-state index is 12.5. The number of nitrogens with one attached hydrogen (secondary N) is 1. The normalized spacial score (nSPS) is 37.6. The van der Waals surface area contributed by atoms with Crippen LogP contribution in [-0.4, -0.2) is 19.3 Å². The van der Waals surface area contributed by atoms with Gasteiger partial charge in [-0.25, -0.2) is 4.39 Å². The van der Waals surface area contributed by atoms with Crippen LogP contribution in [0.1, 0.15) is 0 Å². The zero-order chi connectivity index (χ0) is 5.98. The summed E-state index contributed by atoms with van der Waals surface area (Å²) in [6.07, 6.45) is 0.970. The molecular formula is C6H10FN. The molecule has 0 unspecified atom stereocenters. The molecule has 0 aliphatic carbocycles. The molecule has 2 heteroatoms. The summed E-state index contributed by atoms with van der Waals surface area (Å²) in [6.45, 7) is 4.76. The Bertz CT molecular complexity index is 92.5. The predicted octanol–water partition coefficient (Wildman–Crippen LogP) is 0.730. The van der Waals surface area contributed by atoms with Crippen molar-refractivity contribution in [1.82, 2.24) is 5.32 Å². The van der Waals surface area contributed by atoms with Crippen molar-refractivity contribution >= 4 is 0 Å². The predicted molar refractivity (Wildman–Crippen MR) is 31.5 cm³/mol. The molecule has 0 aromatic carbocycles. The first-order valence-electron chi connectivity index (χ1n) is 2.82. The molecule has 1 rings (SSSR count). The molecule has 0 bridgehead atoms. The van der Waals surface area contributed by atoms with Gasteiger partial charge in [0.15, 0.2) is 0 Å². The van der Waals surface area contributed by atoms with Gasteiger partial charge in [-0.2, -0.15) is 0 Å². The van der Waals surface area contributed by atoms with Gasteiger partial charge >= 0.3 is 0 Å². The Kier molecular flexibility index (Phi) is 1.63. The van der Waals surface area contributed by atoms with Gasteiger partial charge in [-0.3, -0.25) is 0 Å². The van der Waals surface area contributed by atoms with E-state index in [0.717, 1.165) is 6.54 Å². The van der Waals surface area contributed by atoms with Crippen molar-refractivity contribution in [3.63, 3.8) is 0 Å². The smallest absolute Gasteiger partial charge is 0.120 e. The molecule has 0 amide bonds. The highest BCUT2D eigenvalue weighted by molar-refractivity contribution is 4.92. The van der Waals surface area contributed by atoms with Crippen LogP contribution in [0.2, 0.25) is 0 Å². The summed E-state index contributed by atoms with van der Waals surface area (Å²) in [4.78, 5) is 0. The van der Waals surface area contributed by atoms with Crippen molar-refractivity contribution in [3.8, 4) is 0 Å². The van der Waals surface area contributed by atoms with Crippen LogP contribution in [0.25, 0.3) is 0 Å².